The Kier molecular flexibility index (Phi) is 2.07. The van der Waals surface area contributed by atoms with Gasteiger partial charge in [-0.1, -0.05) is 25.1 Å². The van der Waals surface area contributed by atoms with E-state index in [0.717, 1.165) is 6.42 Å². The number of para-hydroxylation sites is 1. The predicted molar refractivity (Wildman–Crippen MR) is 55.6 cm³/mol. The van der Waals surface area contributed by atoms with Crippen LogP contribution in [0.2, 0.25) is 0 Å². The third-order valence-electron chi connectivity index (χ3n) is 2.49. The fourth-order valence-electron chi connectivity index (χ4n) is 1.74. The SMILES string of the molecule is CCc1c[nH]c2c(CN)cccc12. The third kappa shape index (κ3) is 1.23. The van der Waals surface area contributed by atoms with E-state index in [9.17, 15) is 0 Å². The largest absolute Gasteiger partial charge is 0.361 e. The van der Waals surface area contributed by atoms with Crippen LogP contribution < -0.4 is 5.73 Å². The Hall–Kier alpha value is -1.28. The van der Waals surface area contributed by atoms with Crippen LogP contribution in [-0.4, -0.2) is 4.98 Å². The van der Waals surface area contributed by atoms with Gasteiger partial charge < -0.3 is 10.7 Å². The van der Waals surface area contributed by atoms with Crippen molar-refractivity contribution in [1.82, 2.24) is 4.98 Å². The lowest BCUT2D eigenvalue weighted by Crippen LogP contribution is -1.96. The van der Waals surface area contributed by atoms with Crippen molar-refractivity contribution in [2.75, 3.05) is 0 Å². The second kappa shape index (κ2) is 3.23. The molecule has 0 aliphatic heterocycles. The third-order valence-corrected chi connectivity index (χ3v) is 2.49. The van der Waals surface area contributed by atoms with Crippen LogP contribution in [0.25, 0.3) is 10.9 Å². The lowest BCUT2D eigenvalue weighted by Gasteiger charge is -1.99. The van der Waals surface area contributed by atoms with Crippen molar-refractivity contribution < 1.29 is 0 Å². The maximum atomic E-state index is 5.65. The number of rotatable bonds is 2. The highest BCUT2D eigenvalue weighted by Gasteiger charge is 2.03. The molecule has 3 N–H and O–H groups in total. The molecule has 2 rings (SSSR count). The van der Waals surface area contributed by atoms with Gasteiger partial charge in [-0.15, -0.1) is 0 Å². The van der Waals surface area contributed by atoms with Crippen LogP contribution in [0, 0.1) is 0 Å². The van der Waals surface area contributed by atoms with Gasteiger partial charge in [-0.25, -0.2) is 0 Å². The normalized spacial score (nSPS) is 10.9. The number of nitrogens with one attached hydrogen (secondary N) is 1. The summed E-state index contributed by atoms with van der Waals surface area (Å²) in [6.07, 6.45) is 3.14. The molecule has 0 fully saturated rings. The lowest BCUT2D eigenvalue weighted by molar-refractivity contribution is 1.08. The Bertz CT molecular complexity index is 415. The first-order chi connectivity index (χ1) is 6.36. The van der Waals surface area contributed by atoms with Gasteiger partial charge in [0.15, 0.2) is 0 Å². The van der Waals surface area contributed by atoms with Crippen molar-refractivity contribution in [3.63, 3.8) is 0 Å². The number of hydrogen-bond donors (Lipinski definition) is 2. The molecule has 2 aromatic rings. The molecule has 13 heavy (non-hydrogen) atoms. The summed E-state index contributed by atoms with van der Waals surface area (Å²) in [4.78, 5) is 3.28. The van der Waals surface area contributed by atoms with Crippen molar-refractivity contribution in [3.05, 3.63) is 35.5 Å². The van der Waals surface area contributed by atoms with E-state index >= 15 is 0 Å². The molecule has 1 aromatic heterocycles. The molecule has 0 aliphatic carbocycles. The van der Waals surface area contributed by atoms with Gasteiger partial charge in [0, 0.05) is 18.1 Å². The van der Waals surface area contributed by atoms with Crippen LogP contribution in [0.15, 0.2) is 24.4 Å². The van der Waals surface area contributed by atoms with Gasteiger partial charge in [-0.3, -0.25) is 0 Å². The Balaban J connectivity index is 2.72. The van der Waals surface area contributed by atoms with Crippen LogP contribution in [-0.2, 0) is 13.0 Å². The molecule has 0 atom stereocenters. The zero-order valence-corrected chi connectivity index (χ0v) is 7.80. The van der Waals surface area contributed by atoms with Crippen LogP contribution in [0.3, 0.4) is 0 Å². The molecule has 0 amide bonds. The van der Waals surface area contributed by atoms with E-state index in [1.54, 1.807) is 0 Å². The van der Waals surface area contributed by atoms with Crippen molar-refractivity contribution in [2.45, 2.75) is 19.9 Å². The lowest BCUT2D eigenvalue weighted by atomic mass is 10.1. The summed E-state index contributed by atoms with van der Waals surface area (Å²) >= 11 is 0. The monoisotopic (exact) mass is 174 g/mol. The van der Waals surface area contributed by atoms with Gasteiger partial charge >= 0.3 is 0 Å². The van der Waals surface area contributed by atoms with Crippen LogP contribution >= 0.6 is 0 Å². The standard InChI is InChI=1S/C11H14N2/c1-2-8-7-13-11-9(6-12)4-3-5-10(8)11/h3-5,7,13H,2,6,12H2,1H3. The smallest absolute Gasteiger partial charge is 0.0502 e. The molecular formula is C11H14N2. The van der Waals surface area contributed by atoms with E-state index in [0.29, 0.717) is 6.54 Å². The predicted octanol–water partition coefficient (Wildman–Crippen LogP) is 2.19. The highest BCUT2D eigenvalue weighted by atomic mass is 14.7. The molecule has 0 saturated carbocycles. The summed E-state index contributed by atoms with van der Waals surface area (Å²) < 4.78 is 0. The molecule has 2 nitrogen and oxygen atoms in total. The van der Waals surface area contributed by atoms with E-state index in [4.69, 9.17) is 5.73 Å². The van der Waals surface area contributed by atoms with Gasteiger partial charge in [0.2, 0.25) is 0 Å². The number of benzene rings is 1. The fourth-order valence-corrected chi connectivity index (χ4v) is 1.74. The number of aromatic amines is 1. The Morgan fingerprint density at radius 3 is 2.85 bits per heavy atom. The molecule has 0 radical (unpaired) electrons. The van der Waals surface area contributed by atoms with Gasteiger partial charge in [0.1, 0.15) is 0 Å². The molecule has 0 saturated heterocycles. The van der Waals surface area contributed by atoms with Crippen LogP contribution in [0.4, 0.5) is 0 Å². The Labute approximate surface area is 77.8 Å². The summed E-state index contributed by atoms with van der Waals surface area (Å²) in [6, 6.07) is 6.28. The minimum absolute atomic E-state index is 0.598. The minimum Gasteiger partial charge on any atom is -0.361 e. The number of fused-ring (bicyclic) bond motifs is 1. The molecule has 68 valence electrons. The topological polar surface area (TPSA) is 41.8 Å². The number of H-pyrrole nitrogens is 1. The average Bonchev–Trinajstić information content (AvgIpc) is 2.60. The molecule has 0 bridgehead atoms. The summed E-state index contributed by atoms with van der Waals surface area (Å²) in [5.41, 5.74) is 9.40. The van der Waals surface area contributed by atoms with E-state index in [-0.39, 0.29) is 0 Å². The number of nitrogens with two attached hydrogens (primary N) is 1. The Morgan fingerprint density at radius 2 is 2.15 bits per heavy atom. The molecule has 0 aliphatic rings. The van der Waals surface area contributed by atoms with E-state index < -0.39 is 0 Å². The highest BCUT2D eigenvalue weighted by molar-refractivity contribution is 5.86. The van der Waals surface area contributed by atoms with Gasteiger partial charge in [0.05, 0.1) is 5.52 Å². The zero-order valence-electron chi connectivity index (χ0n) is 7.80. The minimum atomic E-state index is 0.598. The van der Waals surface area contributed by atoms with E-state index in [1.165, 1.54) is 22.0 Å². The first kappa shape index (κ1) is 8.32. The van der Waals surface area contributed by atoms with E-state index in [1.807, 2.05) is 0 Å². The zero-order chi connectivity index (χ0) is 9.26. The maximum Gasteiger partial charge on any atom is 0.0502 e. The van der Waals surface area contributed by atoms with Crippen molar-refractivity contribution in [1.29, 1.82) is 0 Å². The highest BCUT2D eigenvalue weighted by Crippen LogP contribution is 2.21. The first-order valence-electron chi connectivity index (χ1n) is 4.64. The van der Waals surface area contributed by atoms with Crippen LogP contribution in [0.5, 0.6) is 0 Å². The van der Waals surface area contributed by atoms with Crippen molar-refractivity contribution in [2.24, 2.45) is 5.73 Å². The quantitative estimate of drug-likeness (QED) is 0.720. The average molecular weight is 174 g/mol. The number of hydrogen-bond acceptors (Lipinski definition) is 1. The first-order valence-corrected chi connectivity index (χ1v) is 4.64. The second-order valence-corrected chi connectivity index (χ2v) is 3.21. The molecule has 2 heteroatoms. The summed E-state index contributed by atoms with van der Waals surface area (Å²) in [7, 11) is 0. The fraction of sp³-hybridized carbons (Fsp3) is 0.273. The van der Waals surface area contributed by atoms with Gasteiger partial charge in [-0.05, 0) is 17.5 Å². The molecule has 0 unspecified atom stereocenters. The van der Waals surface area contributed by atoms with Crippen molar-refractivity contribution >= 4 is 10.9 Å². The van der Waals surface area contributed by atoms with Crippen molar-refractivity contribution in [3.8, 4) is 0 Å². The Morgan fingerprint density at radius 1 is 1.31 bits per heavy atom. The molecule has 0 spiro atoms. The summed E-state index contributed by atoms with van der Waals surface area (Å²) in [6.45, 7) is 2.76. The molecule has 1 aromatic carbocycles. The second-order valence-electron chi connectivity index (χ2n) is 3.21. The summed E-state index contributed by atoms with van der Waals surface area (Å²) in [5.74, 6) is 0. The number of aromatic nitrogens is 1. The van der Waals surface area contributed by atoms with Crippen LogP contribution in [0.1, 0.15) is 18.1 Å². The number of aryl methyl sites for hydroxylation is 1. The van der Waals surface area contributed by atoms with Gasteiger partial charge in [-0.2, -0.15) is 0 Å². The van der Waals surface area contributed by atoms with Gasteiger partial charge in [0.25, 0.3) is 0 Å². The molecular weight excluding hydrogens is 160 g/mol. The summed E-state index contributed by atoms with van der Waals surface area (Å²) in [5, 5.41) is 1.31. The molecule has 1 heterocycles. The maximum absolute atomic E-state index is 5.65. The van der Waals surface area contributed by atoms with E-state index in [2.05, 4.69) is 36.3 Å².